The maximum Gasteiger partial charge on any atom is 0.276 e. The molecule has 3 aliphatic rings. The summed E-state index contributed by atoms with van der Waals surface area (Å²) in [5.74, 6) is -0.355. The number of aryl methyl sites for hydroxylation is 1. The summed E-state index contributed by atoms with van der Waals surface area (Å²) in [6.07, 6.45) is 7.88. The average molecular weight is 577 g/mol. The molecule has 2 unspecified atom stereocenters. The number of thiazole rings is 1. The molecule has 2 saturated heterocycles. The lowest BCUT2D eigenvalue weighted by Crippen LogP contribution is -2.62. The number of fused-ring (bicyclic) bond motifs is 3. The van der Waals surface area contributed by atoms with Gasteiger partial charge in [0, 0.05) is 52.7 Å². The maximum atomic E-state index is 13.0. The number of aromatic nitrogens is 8. The fraction of sp³-hybridized carbons (Fsp3) is 0.320. The number of nitrogens with two attached hydrogens (primary N) is 1. The van der Waals surface area contributed by atoms with Crippen molar-refractivity contribution in [3.8, 4) is 21.8 Å². The van der Waals surface area contributed by atoms with Crippen LogP contribution in [0.2, 0.25) is 0 Å². The lowest BCUT2D eigenvalue weighted by molar-refractivity contribution is -0.0201. The number of nitrogens with zero attached hydrogens (tertiary/aromatic N) is 8. The van der Waals surface area contributed by atoms with Crippen LogP contribution >= 0.6 is 11.3 Å². The van der Waals surface area contributed by atoms with Gasteiger partial charge >= 0.3 is 0 Å². The third-order valence-corrected chi connectivity index (χ3v) is 9.79. The van der Waals surface area contributed by atoms with Gasteiger partial charge in [-0.15, -0.1) is 11.3 Å². The number of sulfone groups is 1. The standard InChI is InChI=1S/C25H24N10O3S2/c1-12-11-39-24(30-12)18-4-3-13(8-27-18)17-9-29-35-22(26)21(40(2,37)38)20(31-23(17)35)14-5-15-7-16(6-14)34(15)25(36)19-10-28-33-32-19/h3-4,8-11,14-16H,5-7,26H2,1-2H3,(H,28,32,33)/t14?,15-,16?/m1/s1. The topological polar surface area (TPSA) is 178 Å². The highest BCUT2D eigenvalue weighted by molar-refractivity contribution is 7.91. The Morgan fingerprint density at radius 2 is 1.93 bits per heavy atom. The van der Waals surface area contributed by atoms with Gasteiger partial charge in [0.25, 0.3) is 5.91 Å². The van der Waals surface area contributed by atoms with Crippen molar-refractivity contribution in [1.82, 2.24) is 44.9 Å². The Bertz CT molecular complexity index is 1870. The van der Waals surface area contributed by atoms with Crippen LogP contribution in [-0.2, 0) is 9.84 Å². The van der Waals surface area contributed by atoms with Crippen LogP contribution in [0, 0.1) is 6.92 Å². The second-order valence-corrected chi connectivity index (χ2v) is 13.1. The number of pyridine rings is 1. The van der Waals surface area contributed by atoms with E-state index in [4.69, 9.17) is 10.7 Å². The van der Waals surface area contributed by atoms with E-state index in [9.17, 15) is 13.2 Å². The normalized spacial score (nSPS) is 20.6. The van der Waals surface area contributed by atoms with Crippen molar-refractivity contribution in [3.63, 3.8) is 0 Å². The second-order valence-electron chi connectivity index (χ2n) is 10.3. The molecule has 1 amide bonds. The van der Waals surface area contributed by atoms with Gasteiger partial charge in [-0.3, -0.25) is 9.78 Å². The summed E-state index contributed by atoms with van der Waals surface area (Å²) in [5, 5.41) is 17.3. The number of nitrogen functional groups attached to an aromatic ring is 1. The van der Waals surface area contributed by atoms with Crippen LogP contribution in [0.15, 0.2) is 41.0 Å². The molecule has 0 radical (unpaired) electrons. The smallest absolute Gasteiger partial charge is 0.276 e. The fourth-order valence-corrected chi connectivity index (χ4v) is 7.73. The van der Waals surface area contributed by atoms with Crippen LogP contribution in [0.25, 0.3) is 27.5 Å². The number of nitrogens with one attached hydrogen (secondary N) is 1. The van der Waals surface area contributed by atoms with Gasteiger partial charge < -0.3 is 10.6 Å². The van der Waals surface area contributed by atoms with E-state index in [2.05, 4.69) is 30.5 Å². The zero-order chi connectivity index (χ0) is 27.8. The molecular weight excluding hydrogens is 552 g/mol. The number of rotatable bonds is 5. The van der Waals surface area contributed by atoms with Crippen LogP contribution in [0.4, 0.5) is 5.82 Å². The van der Waals surface area contributed by atoms with Gasteiger partial charge in [0.1, 0.15) is 15.7 Å². The molecule has 8 rings (SSSR count). The molecule has 3 fully saturated rings. The molecule has 3 N–H and O–H groups in total. The first-order valence-corrected chi connectivity index (χ1v) is 15.4. The minimum atomic E-state index is -3.73. The van der Waals surface area contributed by atoms with Crippen molar-refractivity contribution in [3.05, 3.63) is 53.2 Å². The van der Waals surface area contributed by atoms with Gasteiger partial charge in [0.15, 0.2) is 21.2 Å². The molecule has 3 atom stereocenters. The summed E-state index contributed by atoms with van der Waals surface area (Å²) in [6, 6.07) is 3.72. The van der Waals surface area contributed by atoms with Crippen molar-refractivity contribution in [2.24, 2.45) is 0 Å². The van der Waals surface area contributed by atoms with Crippen molar-refractivity contribution >= 4 is 38.5 Å². The SMILES string of the molecule is Cc1csc(-c2ccc(-c3cnn4c(N)c(S(C)(=O)=O)c(C5CC6C[C@@H](C5)N6C(=O)c5cn[nH]n5)nc34)cn2)n1. The number of amides is 1. The van der Waals surface area contributed by atoms with E-state index in [1.807, 2.05) is 29.3 Å². The number of carbonyl (C=O) groups is 1. The first-order chi connectivity index (χ1) is 19.2. The summed E-state index contributed by atoms with van der Waals surface area (Å²) < 4.78 is 27.3. The Kier molecular flexibility index (Phi) is 5.51. The predicted molar refractivity (Wildman–Crippen MR) is 146 cm³/mol. The lowest BCUT2D eigenvalue weighted by atomic mass is 9.72. The average Bonchev–Trinajstić information content (AvgIpc) is 3.69. The van der Waals surface area contributed by atoms with E-state index in [0.717, 1.165) is 34.6 Å². The van der Waals surface area contributed by atoms with Crippen molar-refractivity contribution in [1.29, 1.82) is 0 Å². The zero-order valence-corrected chi connectivity index (χ0v) is 23.1. The Morgan fingerprint density at radius 3 is 2.55 bits per heavy atom. The van der Waals surface area contributed by atoms with Crippen LogP contribution < -0.4 is 5.73 Å². The highest BCUT2D eigenvalue weighted by atomic mass is 32.2. The lowest BCUT2D eigenvalue weighted by Gasteiger charge is -2.55. The third-order valence-electron chi connectivity index (χ3n) is 7.65. The summed E-state index contributed by atoms with van der Waals surface area (Å²) in [4.78, 5) is 28.7. The number of piperidine rings is 1. The second kappa shape index (κ2) is 8.89. The number of hydrogen-bond donors (Lipinski definition) is 2. The molecule has 40 heavy (non-hydrogen) atoms. The van der Waals surface area contributed by atoms with Crippen LogP contribution in [0.3, 0.4) is 0 Å². The molecular formula is C25H24N10O3S2. The van der Waals surface area contributed by atoms with Gasteiger partial charge in [-0.25, -0.2) is 18.4 Å². The van der Waals surface area contributed by atoms with E-state index in [1.165, 1.54) is 22.0 Å². The Morgan fingerprint density at radius 1 is 1.12 bits per heavy atom. The van der Waals surface area contributed by atoms with Gasteiger partial charge in [-0.05, 0) is 32.3 Å². The third kappa shape index (κ3) is 3.87. The van der Waals surface area contributed by atoms with Crippen LogP contribution in [0.1, 0.15) is 47.1 Å². The molecule has 1 saturated carbocycles. The molecule has 15 heteroatoms. The van der Waals surface area contributed by atoms with Gasteiger partial charge in [-0.2, -0.15) is 25.0 Å². The zero-order valence-electron chi connectivity index (χ0n) is 21.5. The molecule has 7 heterocycles. The monoisotopic (exact) mass is 576 g/mol. The molecule has 0 spiro atoms. The van der Waals surface area contributed by atoms with Gasteiger partial charge in [-0.1, -0.05) is 6.07 Å². The van der Waals surface area contributed by atoms with Gasteiger partial charge in [0.2, 0.25) is 0 Å². The fourth-order valence-electron chi connectivity index (χ4n) is 5.90. The molecule has 1 aliphatic carbocycles. The summed E-state index contributed by atoms with van der Waals surface area (Å²) in [5.41, 5.74) is 10.8. The van der Waals surface area contributed by atoms with Crippen LogP contribution in [-0.4, -0.2) is 77.5 Å². The molecule has 13 nitrogen and oxygen atoms in total. The Balaban J connectivity index is 1.27. The van der Waals surface area contributed by atoms with Crippen molar-refractivity contribution in [2.45, 2.75) is 49.1 Å². The first-order valence-electron chi connectivity index (χ1n) is 12.6. The highest BCUT2D eigenvalue weighted by Crippen LogP contribution is 2.47. The summed E-state index contributed by atoms with van der Waals surface area (Å²) in [7, 11) is -3.73. The molecule has 2 bridgehead atoms. The minimum absolute atomic E-state index is 0.0112. The highest BCUT2D eigenvalue weighted by Gasteiger charge is 2.50. The van der Waals surface area contributed by atoms with Crippen LogP contribution in [0.5, 0.6) is 0 Å². The molecule has 5 aromatic heterocycles. The summed E-state index contributed by atoms with van der Waals surface area (Å²) in [6.45, 7) is 1.94. The Hall–Kier alpha value is -4.24. The van der Waals surface area contributed by atoms with E-state index >= 15 is 0 Å². The van der Waals surface area contributed by atoms with E-state index < -0.39 is 9.84 Å². The predicted octanol–water partition coefficient (Wildman–Crippen LogP) is 2.49. The number of carbonyl (C=O) groups excluding carboxylic acids is 1. The van der Waals surface area contributed by atoms with Gasteiger partial charge in [0.05, 0.1) is 23.8 Å². The maximum absolute atomic E-state index is 13.0. The van der Waals surface area contributed by atoms with E-state index in [-0.39, 0.29) is 40.3 Å². The molecule has 2 aliphatic heterocycles. The molecule has 204 valence electrons. The largest absolute Gasteiger partial charge is 0.382 e. The number of H-pyrrole nitrogens is 1. The summed E-state index contributed by atoms with van der Waals surface area (Å²) >= 11 is 1.53. The van der Waals surface area contributed by atoms with E-state index in [1.54, 1.807) is 12.4 Å². The van der Waals surface area contributed by atoms with Crippen molar-refractivity contribution in [2.75, 3.05) is 12.0 Å². The number of aromatic amines is 1. The Labute approximate surface area is 232 Å². The van der Waals surface area contributed by atoms with Crippen molar-refractivity contribution < 1.29 is 13.2 Å². The quantitative estimate of drug-likeness (QED) is 0.316. The molecule has 0 aromatic carbocycles. The van der Waals surface area contributed by atoms with E-state index in [0.29, 0.717) is 29.7 Å². The number of hydrogen-bond acceptors (Lipinski definition) is 11. The first kappa shape index (κ1) is 24.8. The number of anilines is 1. The molecule has 5 aromatic rings. The minimum Gasteiger partial charge on any atom is -0.382 e.